The molecule has 2 aromatic carbocycles. The highest BCUT2D eigenvalue weighted by atomic mass is 16.5. The van der Waals surface area contributed by atoms with Crippen LogP contribution in [0.3, 0.4) is 0 Å². The second-order valence-electron chi connectivity index (χ2n) is 8.88. The average molecular weight is 449 g/mol. The van der Waals surface area contributed by atoms with Gasteiger partial charge in [0.15, 0.2) is 0 Å². The number of nitrogens with zero attached hydrogens (tertiary/aromatic N) is 2. The maximum Gasteiger partial charge on any atom is 0.329 e. The van der Waals surface area contributed by atoms with E-state index in [-0.39, 0.29) is 6.61 Å². The molecule has 33 heavy (non-hydrogen) atoms. The van der Waals surface area contributed by atoms with Gasteiger partial charge in [0.25, 0.3) is 0 Å². The molecule has 0 unspecified atom stereocenters. The fourth-order valence-corrected chi connectivity index (χ4v) is 4.87. The highest BCUT2D eigenvalue weighted by Crippen LogP contribution is 2.38. The predicted molar refractivity (Wildman–Crippen MR) is 128 cm³/mol. The molecule has 1 saturated carbocycles. The number of carboxylic acid groups (broad SMARTS) is 1. The second kappa shape index (κ2) is 10.7. The number of hydrogen-bond acceptors (Lipinski definition) is 4. The van der Waals surface area contributed by atoms with Crippen LogP contribution >= 0.6 is 0 Å². The molecular weight excluding hydrogens is 416 g/mol. The van der Waals surface area contributed by atoms with Crippen LogP contribution in [0.15, 0.2) is 54.6 Å². The molecule has 1 fully saturated rings. The molecule has 1 N–H and O–H groups in total. The topological polar surface area (TPSA) is 73.6 Å². The number of methoxy groups -OCH3 is 1. The molecule has 174 valence electrons. The largest absolute Gasteiger partial charge is 0.497 e. The molecule has 0 radical (unpaired) electrons. The van der Waals surface area contributed by atoms with E-state index in [0.29, 0.717) is 18.4 Å². The van der Waals surface area contributed by atoms with Crippen molar-refractivity contribution in [3.05, 3.63) is 60.3 Å². The minimum atomic E-state index is -0.906. The van der Waals surface area contributed by atoms with Gasteiger partial charge in [0, 0.05) is 17.7 Å². The number of aryl methyl sites for hydroxylation is 1. The van der Waals surface area contributed by atoms with E-state index in [9.17, 15) is 4.79 Å². The summed E-state index contributed by atoms with van der Waals surface area (Å²) in [6.07, 6.45) is 4.31. The zero-order chi connectivity index (χ0) is 23.2. The first-order valence-electron chi connectivity index (χ1n) is 11.6. The fourth-order valence-electron chi connectivity index (χ4n) is 4.87. The van der Waals surface area contributed by atoms with Crippen LogP contribution in [0.2, 0.25) is 0 Å². The third-order valence-corrected chi connectivity index (χ3v) is 6.51. The van der Waals surface area contributed by atoms with Crippen LogP contribution in [0.1, 0.15) is 31.4 Å². The third-order valence-electron chi connectivity index (χ3n) is 6.51. The lowest BCUT2D eigenvalue weighted by atomic mass is 9.82. The summed E-state index contributed by atoms with van der Waals surface area (Å²) in [5, 5.41) is 13.8. The molecule has 1 aliphatic rings. The number of aliphatic carboxylic acids is 1. The van der Waals surface area contributed by atoms with Gasteiger partial charge < -0.3 is 14.6 Å². The molecule has 0 spiro atoms. The average Bonchev–Trinajstić information content (AvgIpc) is 3.16. The van der Waals surface area contributed by atoms with Crippen LogP contribution in [-0.4, -0.2) is 41.2 Å². The SMILES string of the molecule is COc1cccc(-c2c(-c3ccccc3)c(C)nn2CC2CCC(COCC(=O)O)CC2)c1. The third kappa shape index (κ3) is 5.63. The van der Waals surface area contributed by atoms with Crippen molar-refractivity contribution in [1.82, 2.24) is 9.78 Å². The van der Waals surface area contributed by atoms with Gasteiger partial charge in [-0.3, -0.25) is 4.68 Å². The van der Waals surface area contributed by atoms with Crippen molar-refractivity contribution in [2.24, 2.45) is 11.8 Å². The number of carboxylic acids is 1. The highest BCUT2D eigenvalue weighted by molar-refractivity contribution is 5.83. The summed E-state index contributed by atoms with van der Waals surface area (Å²) in [6, 6.07) is 18.6. The highest BCUT2D eigenvalue weighted by Gasteiger charge is 2.25. The molecule has 6 heteroatoms. The van der Waals surface area contributed by atoms with Crippen molar-refractivity contribution in [2.45, 2.75) is 39.2 Å². The smallest absolute Gasteiger partial charge is 0.329 e. The monoisotopic (exact) mass is 448 g/mol. The van der Waals surface area contributed by atoms with Gasteiger partial charge in [-0.25, -0.2) is 4.79 Å². The van der Waals surface area contributed by atoms with E-state index in [1.807, 2.05) is 18.2 Å². The predicted octanol–water partition coefficient (Wildman–Crippen LogP) is 5.44. The van der Waals surface area contributed by atoms with E-state index >= 15 is 0 Å². The van der Waals surface area contributed by atoms with Crippen molar-refractivity contribution in [2.75, 3.05) is 20.3 Å². The molecular formula is C27H32N2O4. The van der Waals surface area contributed by atoms with E-state index in [4.69, 9.17) is 19.7 Å². The quantitative estimate of drug-likeness (QED) is 0.472. The van der Waals surface area contributed by atoms with Crippen molar-refractivity contribution in [3.63, 3.8) is 0 Å². The van der Waals surface area contributed by atoms with Crippen LogP contribution in [0.5, 0.6) is 5.75 Å². The van der Waals surface area contributed by atoms with Crippen LogP contribution in [0.25, 0.3) is 22.4 Å². The molecule has 0 amide bonds. The lowest BCUT2D eigenvalue weighted by Crippen LogP contribution is -2.23. The van der Waals surface area contributed by atoms with Gasteiger partial charge in [0.2, 0.25) is 0 Å². The van der Waals surface area contributed by atoms with E-state index in [1.54, 1.807) is 7.11 Å². The van der Waals surface area contributed by atoms with Crippen LogP contribution < -0.4 is 4.74 Å². The minimum absolute atomic E-state index is 0.210. The van der Waals surface area contributed by atoms with E-state index in [0.717, 1.165) is 54.9 Å². The Labute approximate surface area is 195 Å². The summed E-state index contributed by atoms with van der Waals surface area (Å²) in [6.45, 7) is 3.27. The second-order valence-corrected chi connectivity index (χ2v) is 8.88. The van der Waals surface area contributed by atoms with Crippen molar-refractivity contribution >= 4 is 5.97 Å². The van der Waals surface area contributed by atoms with E-state index in [2.05, 4.69) is 48.0 Å². The Morgan fingerprint density at radius 2 is 1.73 bits per heavy atom. The van der Waals surface area contributed by atoms with Gasteiger partial charge in [-0.15, -0.1) is 0 Å². The number of carbonyl (C=O) groups is 1. The Morgan fingerprint density at radius 3 is 2.42 bits per heavy atom. The zero-order valence-electron chi connectivity index (χ0n) is 19.4. The Morgan fingerprint density at radius 1 is 1.03 bits per heavy atom. The van der Waals surface area contributed by atoms with Crippen LogP contribution in [0, 0.1) is 18.8 Å². The maximum atomic E-state index is 10.7. The van der Waals surface area contributed by atoms with Crippen molar-refractivity contribution < 1.29 is 19.4 Å². The van der Waals surface area contributed by atoms with E-state index in [1.165, 1.54) is 11.1 Å². The number of hydrogen-bond donors (Lipinski definition) is 1. The van der Waals surface area contributed by atoms with Crippen LogP contribution in [-0.2, 0) is 16.1 Å². The summed E-state index contributed by atoms with van der Waals surface area (Å²) < 4.78 is 13.0. The number of rotatable bonds is 9. The fraction of sp³-hybridized carbons (Fsp3) is 0.407. The van der Waals surface area contributed by atoms with Gasteiger partial charge in [0.05, 0.1) is 25.1 Å². The molecule has 4 rings (SSSR count). The Hall–Kier alpha value is -3.12. The summed E-state index contributed by atoms with van der Waals surface area (Å²) in [5.74, 6) is 0.904. The minimum Gasteiger partial charge on any atom is -0.497 e. The lowest BCUT2D eigenvalue weighted by molar-refractivity contribution is -0.142. The first-order valence-corrected chi connectivity index (χ1v) is 11.6. The molecule has 1 aliphatic carbocycles. The molecule has 0 bridgehead atoms. The van der Waals surface area contributed by atoms with Gasteiger partial charge in [-0.1, -0.05) is 42.5 Å². The molecule has 1 aromatic heterocycles. The summed E-state index contributed by atoms with van der Waals surface area (Å²) in [5.41, 5.74) is 5.59. The van der Waals surface area contributed by atoms with Gasteiger partial charge >= 0.3 is 5.97 Å². The summed E-state index contributed by atoms with van der Waals surface area (Å²) >= 11 is 0. The molecule has 3 aromatic rings. The first-order chi connectivity index (χ1) is 16.0. The number of ether oxygens (including phenoxy) is 2. The Balaban J connectivity index is 1.57. The normalized spacial score (nSPS) is 18.2. The molecule has 0 atom stereocenters. The van der Waals surface area contributed by atoms with Gasteiger partial charge in [-0.2, -0.15) is 5.10 Å². The lowest BCUT2D eigenvalue weighted by Gasteiger charge is -2.28. The van der Waals surface area contributed by atoms with E-state index < -0.39 is 5.97 Å². The van der Waals surface area contributed by atoms with Gasteiger partial charge in [0.1, 0.15) is 12.4 Å². The standard InChI is InChI=1S/C27H32N2O4/c1-19-26(22-7-4-3-5-8-22)27(23-9-6-10-24(15-23)32-2)29(28-19)16-20-11-13-21(14-12-20)17-33-18-25(30)31/h3-10,15,20-21H,11-14,16-18H2,1-2H3,(H,30,31). The summed E-state index contributed by atoms with van der Waals surface area (Å²) in [7, 11) is 1.69. The van der Waals surface area contributed by atoms with Gasteiger partial charge in [-0.05, 0) is 62.1 Å². The Kier molecular flexibility index (Phi) is 7.45. The molecule has 6 nitrogen and oxygen atoms in total. The van der Waals surface area contributed by atoms with Crippen LogP contribution in [0.4, 0.5) is 0 Å². The number of benzene rings is 2. The molecule has 1 heterocycles. The first kappa shape index (κ1) is 23.1. The maximum absolute atomic E-state index is 10.7. The Bertz CT molecular complexity index is 1070. The van der Waals surface area contributed by atoms with Crippen molar-refractivity contribution in [3.8, 4) is 28.1 Å². The molecule has 0 saturated heterocycles. The molecule has 0 aliphatic heterocycles. The summed E-state index contributed by atoms with van der Waals surface area (Å²) in [4.78, 5) is 10.7. The zero-order valence-corrected chi connectivity index (χ0v) is 19.4. The van der Waals surface area contributed by atoms with Crippen molar-refractivity contribution in [1.29, 1.82) is 0 Å². The number of aromatic nitrogens is 2.